The van der Waals surface area contributed by atoms with Crippen LogP contribution >= 0.6 is 0 Å². The van der Waals surface area contributed by atoms with Crippen molar-refractivity contribution in [3.8, 4) is 0 Å². The molecule has 0 aromatic heterocycles. The van der Waals surface area contributed by atoms with Gasteiger partial charge < -0.3 is 10.6 Å². The van der Waals surface area contributed by atoms with Crippen molar-refractivity contribution in [1.82, 2.24) is 9.80 Å². The fourth-order valence-electron chi connectivity index (χ4n) is 1.67. The van der Waals surface area contributed by atoms with Crippen LogP contribution in [0.1, 0.15) is 20.3 Å². The Bertz CT molecular complexity index is 269. The topological polar surface area (TPSA) is 49.6 Å². The normalized spacial score (nSPS) is 15.6. The highest BCUT2D eigenvalue weighted by atomic mass is 19.4. The zero-order valence-corrected chi connectivity index (χ0v) is 11.3. The molecule has 0 spiro atoms. The molecule has 7 heteroatoms. The molecule has 2 N–H and O–H groups in total. The van der Waals surface area contributed by atoms with Crippen LogP contribution in [-0.2, 0) is 4.79 Å². The maximum Gasteiger partial charge on any atom is 0.405 e. The predicted octanol–water partition coefficient (Wildman–Crippen LogP) is 1.06. The average molecular weight is 269 g/mol. The lowest BCUT2D eigenvalue weighted by atomic mass is 10.0. The highest BCUT2D eigenvalue weighted by Crippen LogP contribution is 2.27. The van der Waals surface area contributed by atoms with Gasteiger partial charge >= 0.3 is 6.18 Å². The molecule has 0 radical (unpaired) electrons. The Hall–Kier alpha value is -0.820. The van der Waals surface area contributed by atoms with E-state index in [1.165, 1.54) is 19.0 Å². The Balaban J connectivity index is 4.99. The van der Waals surface area contributed by atoms with Gasteiger partial charge in [0.05, 0.1) is 6.54 Å². The van der Waals surface area contributed by atoms with Gasteiger partial charge in [-0.3, -0.25) is 9.69 Å². The van der Waals surface area contributed by atoms with Crippen molar-refractivity contribution in [3.63, 3.8) is 0 Å². The summed E-state index contributed by atoms with van der Waals surface area (Å²) in [5.41, 5.74) is 5.55. The van der Waals surface area contributed by atoms with Crippen LogP contribution in [0.25, 0.3) is 0 Å². The number of likely N-dealkylation sites (N-methyl/N-ethyl adjacent to an activating group) is 2. The number of nitrogens with zero attached hydrogens (tertiary/aromatic N) is 2. The summed E-state index contributed by atoms with van der Waals surface area (Å²) >= 11 is 0. The molecule has 0 saturated heterocycles. The van der Waals surface area contributed by atoms with Crippen molar-refractivity contribution < 1.29 is 18.0 Å². The van der Waals surface area contributed by atoms with E-state index in [4.69, 9.17) is 5.73 Å². The molecule has 2 unspecified atom stereocenters. The number of rotatable bonds is 6. The first-order valence-corrected chi connectivity index (χ1v) is 5.91. The molecule has 0 saturated carbocycles. The van der Waals surface area contributed by atoms with E-state index in [1.807, 2.05) is 0 Å². The zero-order valence-electron chi connectivity index (χ0n) is 11.3. The van der Waals surface area contributed by atoms with Gasteiger partial charge in [-0.1, -0.05) is 13.8 Å². The monoisotopic (exact) mass is 269 g/mol. The Morgan fingerprint density at radius 2 is 1.78 bits per heavy atom. The minimum Gasteiger partial charge on any atom is -0.348 e. The summed E-state index contributed by atoms with van der Waals surface area (Å²) in [6.45, 7) is 3.04. The van der Waals surface area contributed by atoms with Crippen LogP contribution in [-0.4, -0.2) is 61.2 Å². The van der Waals surface area contributed by atoms with E-state index in [2.05, 4.69) is 0 Å². The van der Waals surface area contributed by atoms with E-state index in [0.717, 1.165) is 4.90 Å². The quantitative estimate of drug-likeness (QED) is 0.784. The Kier molecular flexibility index (Phi) is 6.62. The molecular weight excluding hydrogens is 247 g/mol. The summed E-state index contributed by atoms with van der Waals surface area (Å²) < 4.78 is 39.0. The molecule has 0 aromatic carbocycles. The molecule has 18 heavy (non-hydrogen) atoms. The van der Waals surface area contributed by atoms with Gasteiger partial charge in [0.25, 0.3) is 0 Å². The second-order valence-electron chi connectivity index (χ2n) is 4.41. The van der Waals surface area contributed by atoms with Gasteiger partial charge in [-0.2, -0.15) is 13.2 Å². The first kappa shape index (κ1) is 17.2. The minimum absolute atomic E-state index is 0.122. The fraction of sp³-hybridized carbons (Fsp3) is 0.909. The molecule has 1 amide bonds. The summed E-state index contributed by atoms with van der Waals surface area (Å²) in [5, 5.41) is 0. The van der Waals surface area contributed by atoms with Crippen LogP contribution in [0, 0.1) is 0 Å². The lowest BCUT2D eigenvalue weighted by molar-refractivity contribution is -0.190. The van der Waals surface area contributed by atoms with Crippen molar-refractivity contribution in [2.45, 2.75) is 38.5 Å². The molecule has 0 aliphatic heterocycles. The predicted molar refractivity (Wildman–Crippen MR) is 64.1 cm³/mol. The molecule has 0 rings (SSSR count). The van der Waals surface area contributed by atoms with Gasteiger partial charge in [0.1, 0.15) is 6.04 Å². The maximum atomic E-state index is 13.0. The van der Waals surface area contributed by atoms with Gasteiger partial charge in [-0.25, -0.2) is 0 Å². The first-order chi connectivity index (χ1) is 8.15. The fourth-order valence-corrected chi connectivity index (χ4v) is 1.67. The van der Waals surface area contributed by atoms with Gasteiger partial charge in [0, 0.05) is 20.1 Å². The van der Waals surface area contributed by atoms with Gasteiger partial charge in [0.2, 0.25) is 5.91 Å². The third-order valence-electron chi connectivity index (χ3n) is 2.85. The van der Waals surface area contributed by atoms with Crippen LogP contribution in [0.3, 0.4) is 0 Å². The summed E-state index contributed by atoms with van der Waals surface area (Å²) in [6.07, 6.45) is -4.23. The number of alkyl halides is 3. The van der Waals surface area contributed by atoms with Crippen molar-refractivity contribution in [2.75, 3.05) is 27.2 Å². The van der Waals surface area contributed by atoms with Gasteiger partial charge in [0.15, 0.2) is 0 Å². The summed E-state index contributed by atoms with van der Waals surface area (Å²) in [5.74, 6) is -0.366. The molecule has 0 heterocycles. The van der Waals surface area contributed by atoms with Crippen LogP contribution in [0.15, 0.2) is 0 Å². The third kappa shape index (κ3) is 4.81. The van der Waals surface area contributed by atoms with Crippen molar-refractivity contribution in [2.24, 2.45) is 5.73 Å². The number of hydrogen-bond acceptors (Lipinski definition) is 3. The highest BCUT2D eigenvalue weighted by Gasteiger charge is 2.46. The van der Waals surface area contributed by atoms with E-state index in [9.17, 15) is 18.0 Å². The van der Waals surface area contributed by atoms with Crippen molar-refractivity contribution in [1.29, 1.82) is 0 Å². The standard InChI is InChI=1S/C11H22F3N3O/c1-5-8(15)10(11(12,13)14)17(6-2)7-9(18)16(3)4/h8,10H,5-7,15H2,1-4H3. The molecular formula is C11H22F3N3O. The molecule has 108 valence electrons. The number of hydrogen-bond donors (Lipinski definition) is 1. The Labute approximate surface area is 106 Å². The second-order valence-corrected chi connectivity index (χ2v) is 4.41. The summed E-state index contributed by atoms with van der Waals surface area (Å²) in [7, 11) is 3.02. The second kappa shape index (κ2) is 6.94. The van der Waals surface area contributed by atoms with E-state index in [0.29, 0.717) is 0 Å². The molecule has 0 aliphatic carbocycles. The van der Waals surface area contributed by atoms with Crippen LogP contribution in [0.4, 0.5) is 13.2 Å². The number of amides is 1. The highest BCUT2D eigenvalue weighted by molar-refractivity contribution is 5.77. The molecule has 0 bridgehead atoms. The number of halogens is 3. The lowest BCUT2D eigenvalue weighted by Crippen LogP contribution is -2.57. The average Bonchev–Trinajstić information content (AvgIpc) is 2.25. The number of carbonyl (C=O) groups is 1. The summed E-state index contributed by atoms with van der Waals surface area (Å²) in [6, 6.07) is -2.81. The molecule has 2 atom stereocenters. The largest absolute Gasteiger partial charge is 0.405 e. The number of carbonyl (C=O) groups excluding carboxylic acids is 1. The lowest BCUT2D eigenvalue weighted by Gasteiger charge is -2.35. The maximum absolute atomic E-state index is 13.0. The van der Waals surface area contributed by atoms with E-state index in [-0.39, 0.29) is 25.4 Å². The van der Waals surface area contributed by atoms with E-state index in [1.54, 1.807) is 13.8 Å². The smallest absolute Gasteiger partial charge is 0.348 e. The van der Waals surface area contributed by atoms with E-state index < -0.39 is 18.3 Å². The van der Waals surface area contributed by atoms with Crippen LogP contribution in [0.2, 0.25) is 0 Å². The molecule has 0 fully saturated rings. The SMILES string of the molecule is CCC(N)C(N(CC)CC(=O)N(C)C)C(F)(F)F. The zero-order chi connectivity index (χ0) is 14.5. The van der Waals surface area contributed by atoms with Gasteiger partial charge in [-0.15, -0.1) is 0 Å². The van der Waals surface area contributed by atoms with Crippen molar-refractivity contribution in [3.05, 3.63) is 0 Å². The Morgan fingerprint density at radius 1 is 1.28 bits per heavy atom. The Morgan fingerprint density at radius 3 is 2.06 bits per heavy atom. The number of nitrogens with two attached hydrogens (primary N) is 1. The summed E-state index contributed by atoms with van der Waals surface area (Å²) in [4.78, 5) is 13.9. The first-order valence-electron chi connectivity index (χ1n) is 5.91. The van der Waals surface area contributed by atoms with E-state index >= 15 is 0 Å². The van der Waals surface area contributed by atoms with Crippen LogP contribution < -0.4 is 5.73 Å². The van der Waals surface area contributed by atoms with Crippen molar-refractivity contribution >= 4 is 5.91 Å². The molecule has 0 aliphatic rings. The minimum atomic E-state index is -4.43. The molecule has 0 aromatic rings. The van der Waals surface area contributed by atoms with Gasteiger partial charge in [-0.05, 0) is 13.0 Å². The van der Waals surface area contributed by atoms with Crippen LogP contribution in [0.5, 0.6) is 0 Å². The third-order valence-corrected chi connectivity index (χ3v) is 2.85. The molecule has 4 nitrogen and oxygen atoms in total.